The van der Waals surface area contributed by atoms with Gasteiger partial charge in [-0.15, -0.1) is 0 Å². The molecule has 0 fully saturated rings. The SMILES string of the molecule is CC(CS(=O)(=O)Nc1cccc(C#N)c1)c1ccccc1. The van der Waals surface area contributed by atoms with Gasteiger partial charge in [0.25, 0.3) is 0 Å². The van der Waals surface area contributed by atoms with Crippen LogP contribution >= 0.6 is 0 Å². The molecule has 0 aromatic heterocycles. The van der Waals surface area contributed by atoms with Crippen molar-refractivity contribution in [2.24, 2.45) is 0 Å². The molecule has 1 N–H and O–H groups in total. The monoisotopic (exact) mass is 300 g/mol. The van der Waals surface area contributed by atoms with E-state index in [0.29, 0.717) is 11.3 Å². The summed E-state index contributed by atoms with van der Waals surface area (Å²) in [5.41, 5.74) is 1.81. The molecule has 0 aliphatic carbocycles. The lowest BCUT2D eigenvalue weighted by atomic mass is 10.0. The molecule has 108 valence electrons. The van der Waals surface area contributed by atoms with E-state index >= 15 is 0 Å². The number of rotatable bonds is 5. The highest BCUT2D eigenvalue weighted by Crippen LogP contribution is 2.19. The number of benzene rings is 2. The van der Waals surface area contributed by atoms with Gasteiger partial charge in [-0.25, -0.2) is 8.42 Å². The molecule has 2 aromatic rings. The third-order valence-electron chi connectivity index (χ3n) is 3.10. The molecule has 0 bridgehead atoms. The quantitative estimate of drug-likeness (QED) is 0.922. The van der Waals surface area contributed by atoms with Crippen molar-refractivity contribution in [2.45, 2.75) is 12.8 Å². The Balaban J connectivity index is 2.10. The number of anilines is 1. The van der Waals surface area contributed by atoms with Crippen LogP contribution in [0.5, 0.6) is 0 Å². The number of nitrogens with zero attached hydrogens (tertiary/aromatic N) is 1. The molecular weight excluding hydrogens is 284 g/mol. The molecular formula is C16H16N2O2S. The first-order valence-electron chi connectivity index (χ1n) is 6.56. The molecule has 0 aliphatic heterocycles. The molecule has 21 heavy (non-hydrogen) atoms. The Morgan fingerprint density at radius 3 is 2.52 bits per heavy atom. The minimum Gasteiger partial charge on any atom is -0.283 e. The average molecular weight is 300 g/mol. The summed E-state index contributed by atoms with van der Waals surface area (Å²) < 4.78 is 26.9. The predicted molar refractivity (Wildman–Crippen MR) is 83.4 cm³/mol. The fraction of sp³-hybridized carbons (Fsp3) is 0.188. The van der Waals surface area contributed by atoms with E-state index in [4.69, 9.17) is 5.26 Å². The van der Waals surface area contributed by atoms with Gasteiger partial charge in [0, 0.05) is 5.69 Å². The molecule has 2 aromatic carbocycles. The maximum absolute atomic E-state index is 12.2. The van der Waals surface area contributed by atoms with E-state index in [0.717, 1.165) is 5.56 Å². The largest absolute Gasteiger partial charge is 0.283 e. The minimum atomic E-state index is -3.47. The second-order valence-electron chi connectivity index (χ2n) is 4.89. The summed E-state index contributed by atoms with van der Waals surface area (Å²) in [6.45, 7) is 1.88. The first-order valence-corrected chi connectivity index (χ1v) is 8.21. The summed E-state index contributed by atoms with van der Waals surface area (Å²) in [4.78, 5) is 0. The van der Waals surface area contributed by atoms with Gasteiger partial charge in [-0.05, 0) is 29.7 Å². The van der Waals surface area contributed by atoms with Gasteiger partial charge in [-0.2, -0.15) is 5.26 Å². The molecule has 0 aliphatic rings. The topological polar surface area (TPSA) is 70.0 Å². The van der Waals surface area contributed by atoms with Gasteiger partial charge in [0.15, 0.2) is 0 Å². The van der Waals surface area contributed by atoms with Crippen LogP contribution in [0, 0.1) is 11.3 Å². The molecule has 1 unspecified atom stereocenters. The van der Waals surface area contributed by atoms with Gasteiger partial charge >= 0.3 is 0 Å². The van der Waals surface area contributed by atoms with Crippen molar-refractivity contribution in [2.75, 3.05) is 10.5 Å². The molecule has 5 heteroatoms. The number of nitrogens with one attached hydrogen (secondary N) is 1. The number of nitriles is 1. The van der Waals surface area contributed by atoms with Gasteiger partial charge in [-0.1, -0.05) is 43.3 Å². The van der Waals surface area contributed by atoms with Crippen LogP contribution in [0.1, 0.15) is 24.0 Å². The van der Waals surface area contributed by atoms with Crippen LogP contribution in [0.25, 0.3) is 0 Å². The van der Waals surface area contributed by atoms with Crippen molar-refractivity contribution >= 4 is 15.7 Å². The highest BCUT2D eigenvalue weighted by Gasteiger charge is 2.17. The maximum Gasteiger partial charge on any atom is 0.233 e. The Hall–Kier alpha value is -2.32. The van der Waals surface area contributed by atoms with Gasteiger partial charge < -0.3 is 0 Å². The number of sulfonamides is 1. The van der Waals surface area contributed by atoms with E-state index in [1.165, 1.54) is 6.07 Å². The smallest absolute Gasteiger partial charge is 0.233 e. The summed E-state index contributed by atoms with van der Waals surface area (Å²) in [5.74, 6) is -0.115. The summed E-state index contributed by atoms with van der Waals surface area (Å²) in [6, 6.07) is 17.9. The van der Waals surface area contributed by atoms with Crippen molar-refractivity contribution < 1.29 is 8.42 Å². The zero-order valence-corrected chi connectivity index (χ0v) is 12.5. The van der Waals surface area contributed by atoms with E-state index in [1.807, 2.05) is 43.3 Å². The highest BCUT2D eigenvalue weighted by atomic mass is 32.2. The van der Waals surface area contributed by atoms with Crippen molar-refractivity contribution in [3.05, 3.63) is 65.7 Å². The van der Waals surface area contributed by atoms with Crippen LogP contribution in [-0.2, 0) is 10.0 Å². The summed E-state index contributed by atoms with van der Waals surface area (Å²) in [6.07, 6.45) is 0. The van der Waals surface area contributed by atoms with E-state index < -0.39 is 10.0 Å². The van der Waals surface area contributed by atoms with Crippen molar-refractivity contribution in [3.63, 3.8) is 0 Å². The molecule has 0 radical (unpaired) electrons. The predicted octanol–water partition coefficient (Wildman–Crippen LogP) is 3.10. The summed E-state index contributed by atoms with van der Waals surface area (Å²) >= 11 is 0. The molecule has 0 spiro atoms. The highest BCUT2D eigenvalue weighted by molar-refractivity contribution is 7.92. The molecule has 0 saturated carbocycles. The summed E-state index contributed by atoms with van der Waals surface area (Å²) in [5, 5.41) is 8.83. The Labute approximate surface area is 125 Å². The Bertz CT molecular complexity index is 749. The van der Waals surface area contributed by atoms with Crippen molar-refractivity contribution in [1.82, 2.24) is 0 Å². The zero-order chi connectivity index (χ0) is 15.3. The maximum atomic E-state index is 12.2. The fourth-order valence-corrected chi connectivity index (χ4v) is 3.50. The third kappa shape index (κ3) is 4.33. The van der Waals surface area contributed by atoms with Gasteiger partial charge in [0.1, 0.15) is 0 Å². The van der Waals surface area contributed by atoms with E-state index in [1.54, 1.807) is 18.2 Å². The Kier molecular flexibility index (Phi) is 4.61. The molecule has 2 rings (SSSR count). The lowest BCUT2D eigenvalue weighted by molar-refractivity contribution is 0.595. The zero-order valence-electron chi connectivity index (χ0n) is 11.7. The van der Waals surface area contributed by atoms with E-state index in [2.05, 4.69) is 4.72 Å². The van der Waals surface area contributed by atoms with E-state index in [9.17, 15) is 8.42 Å². The van der Waals surface area contributed by atoms with Gasteiger partial charge in [0.05, 0.1) is 17.4 Å². The van der Waals surface area contributed by atoms with Gasteiger partial charge in [0.2, 0.25) is 10.0 Å². The summed E-state index contributed by atoms with van der Waals surface area (Å²) in [7, 11) is -3.47. The lowest BCUT2D eigenvalue weighted by Crippen LogP contribution is -2.20. The van der Waals surface area contributed by atoms with Crippen molar-refractivity contribution in [3.8, 4) is 6.07 Å². The van der Waals surface area contributed by atoms with Crippen LogP contribution in [0.4, 0.5) is 5.69 Å². The third-order valence-corrected chi connectivity index (χ3v) is 4.59. The molecule has 1 atom stereocenters. The second kappa shape index (κ2) is 6.42. The Morgan fingerprint density at radius 2 is 1.86 bits per heavy atom. The molecule has 4 nitrogen and oxygen atoms in total. The fourth-order valence-electron chi connectivity index (χ4n) is 2.08. The van der Waals surface area contributed by atoms with Crippen LogP contribution in [-0.4, -0.2) is 14.2 Å². The van der Waals surface area contributed by atoms with Crippen LogP contribution in [0.2, 0.25) is 0 Å². The molecule has 0 amide bonds. The van der Waals surface area contributed by atoms with Crippen LogP contribution in [0.15, 0.2) is 54.6 Å². The number of hydrogen-bond acceptors (Lipinski definition) is 3. The lowest BCUT2D eigenvalue weighted by Gasteiger charge is -2.14. The van der Waals surface area contributed by atoms with Gasteiger partial charge in [-0.3, -0.25) is 4.72 Å². The molecule has 0 heterocycles. The van der Waals surface area contributed by atoms with E-state index in [-0.39, 0.29) is 11.7 Å². The van der Waals surface area contributed by atoms with Crippen LogP contribution < -0.4 is 4.72 Å². The first-order chi connectivity index (χ1) is 10.00. The molecule has 0 saturated heterocycles. The standard InChI is InChI=1S/C16H16N2O2S/c1-13(15-7-3-2-4-8-15)12-21(19,20)18-16-9-5-6-14(10-16)11-17/h2-10,13,18H,12H2,1H3. The number of hydrogen-bond donors (Lipinski definition) is 1. The van der Waals surface area contributed by atoms with Crippen LogP contribution in [0.3, 0.4) is 0 Å². The second-order valence-corrected chi connectivity index (χ2v) is 6.65. The minimum absolute atomic E-state index is 0.00616. The average Bonchev–Trinajstić information content (AvgIpc) is 2.47. The Morgan fingerprint density at radius 1 is 1.14 bits per heavy atom. The van der Waals surface area contributed by atoms with Crippen molar-refractivity contribution in [1.29, 1.82) is 5.26 Å². The first kappa shape index (κ1) is 15.1. The normalized spacial score (nSPS) is 12.4.